The average molecular weight is 376 g/mol. The van der Waals surface area contributed by atoms with E-state index in [0.717, 1.165) is 28.2 Å². The van der Waals surface area contributed by atoms with E-state index in [2.05, 4.69) is 28.6 Å². The molecule has 0 amide bonds. The van der Waals surface area contributed by atoms with Gasteiger partial charge >= 0.3 is 0 Å². The van der Waals surface area contributed by atoms with Crippen molar-refractivity contribution in [2.45, 2.75) is 30.4 Å². The number of furan rings is 1. The van der Waals surface area contributed by atoms with E-state index >= 15 is 0 Å². The van der Waals surface area contributed by atoms with Gasteiger partial charge in [-0.3, -0.25) is 8.78 Å². The van der Waals surface area contributed by atoms with Crippen LogP contribution in [-0.4, -0.2) is 30.5 Å². The second-order valence-electron chi connectivity index (χ2n) is 6.00. The lowest BCUT2D eigenvalue weighted by Crippen LogP contribution is -2.08. The Labute approximate surface area is 154 Å². The Balaban J connectivity index is 1.69. The zero-order valence-corrected chi connectivity index (χ0v) is 15.9. The molecule has 25 heavy (non-hydrogen) atoms. The molecule has 0 saturated carbocycles. The normalized spacial score (nSPS) is 12.6. The van der Waals surface area contributed by atoms with Crippen LogP contribution in [-0.2, 0) is 17.3 Å². The SMILES string of the molecule is CC(C)Cn1c(SCCS(=O)c2ccccc2)nnc1-c1ccco1. The molecular formula is C18H21N3O2S2. The molecule has 0 aliphatic rings. The number of nitrogens with zero attached hydrogens (tertiary/aromatic N) is 3. The van der Waals surface area contributed by atoms with Gasteiger partial charge in [-0.15, -0.1) is 10.2 Å². The fourth-order valence-electron chi connectivity index (χ4n) is 2.41. The molecule has 3 aromatic rings. The number of rotatable bonds is 8. The van der Waals surface area contributed by atoms with Gasteiger partial charge in [-0.1, -0.05) is 43.8 Å². The van der Waals surface area contributed by atoms with Gasteiger partial charge in [0.05, 0.1) is 17.1 Å². The zero-order chi connectivity index (χ0) is 17.6. The molecule has 1 unspecified atom stereocenters. The fourth-order valence-corrected chi connectivity index (χ4v) is 4.65. The highest BCUT2D eigenvalue weighted by Gasteiger charge is 2.17. The van der Waals surface area contributed by atoms with Gasteiger partial charge in [-0.2, -0.15) is 0 Å². The molecule has 2 aromatic heterocycles. The summed E-state index contributed by atoms with van der Waals surface area (Å²) in [5, 5.41) is 9.44. The third kappa shape index (κ3) is 4.61. The van der Waals surface area contributed by atoms with Gasteiger partial charge in [0.2, 0.25) is 0 Å². The first-order chi connectivity index (χ1) is 12.1. The third-order valence-electron chi connectivity index (χ3n) is 3.51. The van der Waals surface area contributed by atoms with Crippen LogP contribution >= 0.6 is 11.8 Å². The minimum absolute atomic E-state index is 0.461. The van der Waals surface area contributed by atoms with Crippen molar-refractivity contribution in [1.82, 2.24) is 14.8 Å². The first-order valence-electron chi connectivity index (χ1n) is 8.18. The molecule has 0 aliphatic carbocycles. The molecule has 2 heterocycles. The van der Waals surface area contributed by atoms with E-state index in [-0.39, 0.29) is 0 Å². The molecule has 3 rings (SSSR count). The highest BCUT2D eigenvalue weighted by molar-refractivity contribution is 8.00. The summed E-state index contributed by atoms with van der Waals surface area (Å²) in [5.41, 5.74) is 0. The number of hydrogen-bond acceptors (Lipinski definition) is 5. The standard InChI is InChI=1S/C18H21N3O2S2/c1-14(2)13-21-17(16-9-6-10-23-16)19-20-18(21)24-11-12-25(22)15-7-4-3-5-8-15/h3-10,14H,11-13H2,1-2H3. The van der Waals surface area contributed by atoms with E-state index < -0.39 is 10.8 Å². The first kappa shape index (κ1) is 17.9. The molecule has 1 atom stereocenters. The molecule has 0 spiro atoms. The largest absolute Gasteiger partial charge is 0.461 e. The number of hydrogen-bond donors (Lipinski definition) is 0. The molecule has 0 radical (unpaired) electrons. The molecule has 1 aromatic carbocycles. The Morgan fingerprint density at radius 1 is 1.16 bits per heavy atom. The van der Waals surface area contributed by atoms with Crippen LogP contribution in [0.1, 0.15) is 13.8 Å². The van der Waals surface area contributed by atoms with Gasteiger partial charge in [-0.25, -0.2) is 0 Å². The van der Waals surface area contributed by atoms with Crippen LogP contribution in [0, 0.1) is 5.92 Å². The summed E-state index contributed by atoms with van der Waals surface area (Å²) in [6, 6.07) is 13.3. The molecule has 0 N–H and O–H groups in total. The number of thioether (sulfide) groups is 1. The predicted octanol–water partition coefficient (Wildman–Crippen LogP) is 4.09. The van der Waals surface area contributed by atoms with E-state index in [0.29, 0.717) is 17.4 Å². The van der Waals surface area contributed by atoms with E-state index in [1.807, 2.05) is 42.5 Å². The fraction of sp³-hybridized carbons (Fsp3) is 0.333. The minimum Gasteiger partial charge on any atom is -0.461 e. The average Bonchev–Trinajstić information content (AvgIpc) is 3.25. The van der Waals surface area contributed by atoms with Crippen LogP contribution in [0.15, 0.2) is 63.2 Å². The molecule has 7 heteroatoms. The Morgan fingerprint density at radius 3 is 2.64 bits per heavy atom. The van der Waals surface area contributed by atoms with Crippen LogP contribution < -0.4 is 0 Å². The maximum Gasteiger partial charge on any atom is 0.200 e. The van der Waals surface area contributed by atoms with Crippen LogP contribution in [0.5, 0.6) is 0 Å². The van der Waals surface area contributed by atoms with Crippen molar-refractivity contribution >= 4 is 22.6 Å². The lowest BCUT2D eigenvalue weighted by molar-refractivity contribution is 0.489. The summed E-state index contributed by atoms with van der Waals surface area (Å²) in [6.45, 7) is 5.13. The lowest BCUT2D eigenvalue weighted by Gasteiger charge is -2.11. The summed E-state index contributed by atoms with van der Waals surface area (Å²) in [6.07, 6.45) is 1.64. The Kier molecular flexibility index (Phi) is 6.09. The predicted molar refractivity (Wildman–Crippen MR) is 101 cm³/mol. The summed E-state index contributed by atoms with van der Waals surface area (Å²) in [4.78, 5) is 0.864. The molecule has 0 fully saturated rings. The summed E-state index contributed by atoms with van der Waals surface area (Å²) in [5.74, 6) is 3.22. The second-order valence-corrected chi connectivity index (χ2v) is 8.63. The van der Waals surface area contributed by atoms with Crippen LogP contribution in [0.4, 0.5) is 0 Å². The molecule has 0 aliphatic heterocycles. The molecule has 5 nitrogen and oxygen atoms in total. The smallest absolute Gasteiger partial charge is 0.200 e. The van der Waals surface area contributed by atoms with E-state index in [4.69, 9.17) is 4.42 Å². The third-order valence-corrected chi connectivity index (χ3v) is 6.11. The highest BCUT2D eigenvalue weighted by Crippen LogP contribution is 2.25. The number of aromatic nitrogens is 3. The minimum atomic E-state index is -0.994. The van der Waals surface area contributed by atoms with Crippen molar-refractivity contribution < 1.29 is 8.63 Å². The van der Waals surface area contributed by atoms with Gasteiger partial charge < -0.3 is 4.42 Å². The zero-order valence-electron chi connectivity index (χ0n) is 14.3. The number of benzene rings is 1. The monoisotopic (exact) mass is 375 g/mol. The molecule has 0 bridgehead atoms. The summed E-state index contributed by atoms with van der Waals surface area (Å²) in [7, 11) is -0.994. The quantitative estimate of drug-likeness (QED) is 0.555. The Morgan fingerprint density at radius 2 is 1.96 bits per heavy atom. The van der Waals surface area contributed by atoms with Crippen molar-refractivity contribution in [2.24, 2.45) is 5.92 Å². The van der Waals surface area contributed by atoms with Crippen molar-refractivity contribution in [2.75, 3.05) is 11.5 Å². The molecule has 132 valence electrons. The maximum absolute atomic E-state index is 12.3. The maximum atomic E-state index is 12.3. The molecule has 0 saturated heterocycles. The van der Waals surface area contributed by atoms with Crippen molar-refractivity contribution in [1.29, 1.82) is 0 Å². The van der Waals surface area contributed by atoms with Gasteiger partial charge in [-0.05, 0) is 30.2 Å². The topological polar surface area (TPSA) is 60.9 Å². The Hall–Kier alpha value is -1.86. The highest BCUT2D eigenvalue weighted by atomic mass is 32.2. The van der Waals surface area contributed by atoms with Crippen LogP contribution in [0.25, 0.3) is 11.6 Å². The van der Waals surface area contributed by atoms with Crippen molar-refractivity contribution in [3.8, 4) is 11.6 Å². The van der Waals surface area contributed by atoms with Gasteiger partial charge in [0.25, 0.3) is 0 Å². The summed E-state index contributed by atoms with van der Waals surface area (Å²) >= 11 is 1.58. The van der Waals surface area contributed by atoms with E-state index in [1.54, 1.807) is 18.0 Å². The van der Waals surface area contributed by atoms with Crippen molar-refractivity contribution in [3.05, 3.63) is 48.7 Å². The summed E-state index contributed by atoms with van der Waals surface area (Å²) < 4.78 is 19.9. The van der Waals surface area contributed by atoms with Gasteiger partial charge in [0.15, 0.2) is 16.7 Å². The van der Waals surface area contributed by atoms with E-state index in [1.165, 1.54) is 0 Å². The second kappa shape index (κ2) is 8.49. The van der Waals surface area contributed by atoms with Gasteiger partial charge in [0.1, 0.15) is 0 Å². The van der Waals surface area contributed by atoms with E-state index in [9.17, 15) is 4.21 Å². The first-order valence-corrected chi connectivity index (χ1v) is 10.5. The van der Waals surface area contributed by atoms with Gasteiger partial charge in [0, 0.05) is 22.9 Å². The van der Waals surface area contributed by atoms with Crippen LogP contribution in [0.3, 0.4) is 0 Å². The Bertz CT molecular complexity index is 814. The lowest BCUT2D eigenvalue weighted by atomic mass is 10.2. The van der Waals surface area contributed by atoms with Crippen molar-refractivity contribution in [3.63, 3.8) is 0 Å². The van der Waals surface area contributed by atoms with Crippen LogP contribution in [0.2, 0.25) is 0 Å². The molecular weight excluding hydrogens is 354 g/mol.